The van der Waals surface area contributed by atoms with E-state index in [0.29, 0.717) is 26.2 Å². The molecule has 1 atom stereocenters. The predicted molar refractivity (Wildman–Crippen MR) is 126 cm³/mol. The van der Waals surface area contributed by atoms with Crippen molar-refractivity contribution in [3.05, 3.63) is 58.3 Å². The van der Waals surface area contributed by atoms with Gasteiger partial charge in [0.2, 0.25) is 11.8 Å². The summed E-state index contributed by atoms with van der Waals surface area (Å²) in [6, 6.07) is 13.8. The van der Waals surface area contributed by atoms with Crippen LogP contribution in [-0.2, 0) is 36.9 Å². The molecule has 1 aromatic heterocycles. The zero-order valence-electron chi connectivity index (χ0n) is 19.1. The minimum atomic E-state index is -0.405. The fourth-order valence-corrected chi connectivity index (χ4v) is 4.50. The maximum absolute atomic E-state index is 13.4. The summed E-state index contributed by atoms with van der Waals surface area (Å²) >= 11 is 1.60. The van der Waals surface area contributed by atoms with Crippen LogP contribution in [0.5, 0.6) is 0 Å². The van der Waals surface area contributed by atoms with Gasteiger partial charge in [0, 0.05) is 31.0 Å². The molecule has 0 aliphatic carbocycles. The number of ether oxygens (including phenoxy) is 2. The lowest BCUT2D eigenvalue weighted by atomic mass is 10.2. The van der Waals surface area contributed by atoms with E-state index >= 15 is 0 Å². The number of nitrogens with zero attached hydrogens (tertiary/aromatic N) is 2. The molecular weight excluding hydrogens is 440 g/mol. The van der Waals surface area contributed by atoms with E-state index in [-0.39, 0.29) is 43.9 Å². The first-order chi connectivity index (χ1) is 16.0. The Morgan fingerprint density at radius 3 is 2.52 bits per heavy atom. The third-order valence-corrected chi connectivity index (χ3v) is 6.33. The molecule has 178 valence electrons. The Balaban J connectivity index is 1.69. The Bertz CT molecular complexity index is 881. The molecule has 1 aliphatic heterocycles. The van der Waals surface area contributed by atoms with Gasteiger partial charge in [-0.05, 0) is 36.8 Å². The molecular formula is C25H32N2O5S. The molecule has 0 spiro atoms. The summed E-state index contributed by atoms with van der Waals surface area (Å²) in [6.07, 6.45) is 1.75. The van der Waals surface area contributed by atoms with Crippen molar-refractivity contribution in [2.24, 2.45) is 0 Å². The number of rotatable bonds is 12. The molecule has 1 saturated heterocycles. The van der Waals surface area contributed by atoms with Gasteiger partial charge in [0.05, 0.1) is 32.2 Å². The Kier molecular flexibility index (Phi) is 9.90. The SMILES string of the molecule is CCOC(=O)CCC(=O)N(CC(=O)N(Cc1ccccc1)Cc1cccs1)CC1CCCO1. The van der Waals surface area contributed by atoms with E-state index in [2.05, 4.69) is 0 Å². The lowest BCUT2D eigenvalue weighted by molar-refractivity contribution is -0.147. The van der Waals surface area contributed by atoms with Crippen molar-refractivity contribution < 1.29 is 23.9 Å². The summed E-state index contributed by atoms with van der Waals surface area (Å²) in [5.74, 6) is -0.768. The number of hydrogen-bond donors (Lipinski definition) is 0. The zero-order valence-corrected chi connectivity index (χ0v) is 19.9. The number of hydrogen-bond acceptors (Lipinski definition) is 6. The standard InChI is InChI=1S/C25H32N2O5S/c1-2-31-25(30)13-12-23(28)27(17-21-10-6-14-32-21)19-24(29)26(18-22-11-7-15-33-22)16-20-8-4-3-5-9-20/h3-5,7-9,11,15,21H,2,6,10,12-14,16-19H2,1H3. The summed E-state index contributed by atoms with van der Waals surface area (Å²) in [7, 11) is 0. The molecule has 0 radical (unpaired) electrons. The van der Waals surface area contributed by atoms with Gasteiger partial charge in [-0.2, -0.15) is 0 Å². The van der Waals surface area contributed by atoms with Crippen LogP contribution >= 0.6 is 11.3 Å². The van der Waals surface area contributed by atoms with E-state index in [1.807, 2.05) is 47.8 Å². The quantitative estimate of drug-likeness (QED) is 0.441. The topological polar surface area (TPSA) is 76.2 Å². The molecule has 8 heteroatoms. The van der Waals surface area contributed by atoms with Crippen LogP contribution in [0, 0.1) is 0 Å². The highest BCUT2D eigenvalue weighted by atomic mass is 32.1. The maximum atomic E-state index is 13.4. The van der Waals surface area contributed by atoms with Crippen LogP contribution in [0.2, 0.25) is 0 Å². The number of esters is 1. The Hall–Kier alpha value is -2.71. The molecule has 1 aromatic carbocycles. The molecule has 7 nitrogen and oxygen atoms in total. The monoisotopic (exact) mass is 472 g/mol. The Morgan fingerprint density at radius 2 is 1.85 bits per heavy atom. The second kappa shape index (κ2) is 13.1. The van der Waals surface area contributed by atoms with Gasteiger partial charge in [0.25, 0.3) is 0 Å². The highest BCUT2D eigenvalue weighted by Gasteiger charge is 2.27. The molecule has 2 heterocycles. The molecule has 0 N–H and O–H groups in total. The van der Waals surface area contributed by atoms with Gasteiger partial charge in [-0.15, -0.1) is 11.3 Å². The van der Waals surface area contributed by atoms with Gasteiger partial charge < -0.3 is 19.3 Å². The Morgan fingerprint density at radius 1 is 1.03 bits per heavy atom. The average Bonchev–Trinajstić information content (AvgIpc) is 3.52. The van der Waals surface area contributed by atoms with Crippen molar-refractivity contribution >= 4 is 29.1 Å². The smallest absolute Gasteiger partial charge is 0.306 e. The first kappa shape index (κ1) is 24.9. The molecule has 1 aliphatic rings. The van der Waals surface area contributed by atoms with Crippen LogP contribution in [0.1, 0.15) is 43.0 Å². The summed E-state index contributed by atoms with van der Waals surface area (Å²) < 4.78 is 10.7. The van der Waals surface area contributed by atoms with E-state index in [4.69, 9.17) is 9.47 Å². The van der Waals surface area contributed by atoms with Crippen LogP contribution in [0.25, 0.3) is 0 Å². The summed E-state index contributed by atoms with van der Waals surface area (Å²) in [4.78, 5) is 42.5. The molecule has 1 fully saturated rings. The highest BCUT2D eigenvalue weighted by molar-refractivity contribution is 7.09. The largest absolute Gasteiger partial charge is 0.466 e. The van der Waals surface area contributed by atoms with Crippen molar-refractivity contribution in [2.75, 3.05) is 26.3 Å². The molecule has 1 unspecified atom stereocenters. The van der Waals surface area contributed by atoms with E-state index in [1.54, 1.807) is 28.1 Å². The molecule has 0 saturated carbocycles. The average molecular weight is 473 g/mol. The van der Waals surface area contributed by atoms with E-state index in [1.165, 1.54) is 0 Å². The van der Waals surface area contributed by atoms with Gasteiger partial charge in [-0.1, -0.05) is 36.4 Å². The minimum Gasteiger partial charge on any atom is -0.466 e. The van der Waals surface area contributed by atoms with Crippen molar-refractivity contribution in [3.63, 3.8) is 0 Å². The van der Waals surface area contributed by atoms with Crippen LogP contribution in [-0.4, -0.2) is 60.0 Å². The van der Waals surface area contributed by atoms with E-state index < -0.39 is 5.97 Å². The van der Waals surface area contributed by atoms with Crippen LogP contribution in [0.4, 0.5) is 0 Å². The molecule has 3 rings (SSSR count). The van der Waals surface area contributed by atoms with Crippen molar-refractivity contribution in [1.82, 2.24) is 9.80 Å². The first-order valence-corrected chi connectivity index (χ1v) is 12.3. The molecule has 0 bridgehead atoms. The minimum absolute atomic E-state index is 0.00577. The van der Waals surface area contributed by atoms with Crippen molar-refractivity contribution in [2.45, 2.75) is 51.8 Å². The fraction of sp³-hybridized carbons (Fsp3) is 0.480. The van der Waals surface area contributed by atoms with E-state index in [9.17, 15) is 14.4 Å². The summed E-state index contributed by atoms with van der Waals surface area (Å²) in [5.41, 5.74) is 1.03. The van der Waals surface area contributed by atoms with Gasteiger partial charge >= 0.3 is 5.97 Å². The maximum Gasteiger partial charge on any atom is 0.306 e. The molecule has 2 amide bonds. The third-order valence-electron chi connectivity index (χ3n) is 5.47. The first-order valence-electron chi connectivity index (χ1n) is 11.4. The van der Waals surface area contributed by atoms with Gasteiger partial charge in [-0.25, -0.2) is 0 Å². The number of carbonyl (C=O) groups excluding carboxylic acids is 3. The second-order valence-corrected chi connectivity index (χ2v) is 9.06. The van der Waals surface area contributed by atoms with Crippen LogP contribution in [0.3, 0.4) is 0 Å². The summed E-state index contributed by atoms with van der Waals surface area (Å²) in [6.45, 7) is 3.94. The number of amides is 2. The van der Waals surface area contributed by atoms with Gasteiger partial charge in [0.1, 0.15) is 0 Å². The van der Waals surface area contributed by atoms with E-state index in [0.717, 1.165) is 23.3 Å². The Labute approximate surface area is 199 Å². The fourth-order valence-electron chi connectivity index (χ4n) is 3.78. The van der Waals surface area contributed by atoms with Crippen molar-refractivity contribution in [1.29, 1.82) is 0 Å². The number of thiophene rings is 1. The third kappa shape index (κ3) is 8.29. The molecule has 2 aromatic rings. The van der Waals surface area contributed by atoms with Gasteiger partial charge in [-0.3, -0.25) is 14.4 Å². The van der Waals surface area contributed by atoms with Crippen LogP contribution < -0.4 is 0 Å². The lowest BCUT2D eigenvalue weighted by Crippen LogP contribution is -2.45. The highest BCUT2D eigenvalue weighted by Crippen LogP contribution is 2.17. The molecule has 33 heavy (non-hydrogen) atoms. The normalized spacial score (nSPS) is 15.2. The zero-order chi connectivity index (χ0) is 23.5. The lowest BCUT2D eigenvalue weighted by Gasteiger charge is -2.29. The van der Waals surface area contributed by atoms with Gasteiger partial charge in [0.15, 0.2) is 0 Å². The van der Waals surface area contributed by atoms with Crippen LogP contribution in [0.15, 0.2) is 47.8 Å². The van der Waals surface area contributed by atoms with Crippen molar-refractivity contribution in [3.8, 4) is 0 Å². The number of benzene rings is 1. The second-order valence-electron chi connectivity index (χ2n) is 8.03. The number of carbonyl (C=O) groups is 3. The predicted octanol–water partition coefficient (Wildman–Crippen LogP) is 3.63. The summed E-state index contributed by atoms with van der Waals surface area (Å²) in [5, 5.41) is 1.99.